The Morgan fingerprint density at radius 2 is 1.86 bits per heavy atom. The molecule has 16 heteroatoms. The minimum absolute atomic E-state index is 0.0527. The van der Waals surface area contributed by atoms with E-state index in [1.54, 1.807) is 13.8 Å². The summed E-state index contributed by atoms with van der Waals surface area (Å²) in [5, 5.41) is 26.1. The van der Waals surface area contributed by atoms with Crippen molar-refractivity contribution in [3.63, 3.8) is 0 Å². The molecule has 1 unspecified atom stereocenters. The van der Waals surface area contributed by atoms with Crippen molar-refractivity contribution in [3.8, 4) is 22.8 Å². The van der Waals surface area contributed by atoms with E-state index in [9.17, 15) is 27.5 Å². The predicted molar refractivity (Wildman–Crippen MR) is 146 cm³/mol. The number of rotatable bonds is 10. The number of nitrogens with one attached hydrogen (secondary N) is 2. The number of ether oxygens (including phenoxy) is 2. The Morgan fingerprint density at radius 1 is 1.12 bits per heavy atom. The highest BCUT2D eigenvalue weighted by Crippen LogP contribution is 2.40. The van der Waals surface area contributed by atoms with Gasteiger partial charge in [-0.25, -0.2) is 9.37 Å². The average molecular weight is 624 g/mol. The van der Waals surface area contributed by atoms with E-state index >= 15 is 0 Å². The summed E-state index contributed by atoms with van der Waals surface area (Å²) in [4.78, 5) is 17.0. The molecule has 5 N–H and O–H groups in total. The van der Waals surface area contributed by atoms with Crippen molar-refractivity contribution >= 4 is 17.5 Å². The number of halogens is 5. The van der Waals surface area contributed by atoms with E-state index in [1.807, 2.05) is 0 Å². The zero-order valence-electron chi connectivity index (χ0n) is 23.0. The lowest BCUT2D eigenvalue weighted by Crippen LogP contribution is -2.51. The van der Waals surface area contributed by atoms with Crippen LogP contribution in [0.5, 0.6) is 11.5 Å². The highest BCUT2D eigenvalue weighted by atomic mass is 35.5. The molecule has 0 aliphatic rings. The molecule has 1 amide bonds. The third-order valence-corrected chi connectivity index (χ3v) is 6.64. The van der Waals surface area contributed by atoms with Gasteiger partial charge in [0, 0.05) is 16.7 Å². The lowest BCUT2D eigenvalue weighted by molar-refractivity contribution is -0.265. The zero-order valence-corrected chi connectivity index (χ0v) is 23.7. The number of H-pyrrole nitrogens is 1. The standard InChI is InChI=1S/C27H26ClF4N7O4/c1-25(2,33)16-10-19(14-4-6-18(29)17(28)8-14)35-22(11-16)26(41,27(30,31)32)13-34-24(40)15-5-7-20(21(9-15)42-3)43-12-23-36-38-39-37-23/h4-11,41H,12-13,33H2,1-3H3,(H,34,40)(H,36,37,38,39). The molecule has 0 radical (unpaired) electrons. The fourth-order valence-electron chi connectivity index (χ4n) is 3.88. The summed E-state index contributed by atoms with van der Waals surface area (Å²) in [6, 6.07) is 9.83. The number of alkyl halides is 3. The Kier molecular flexibility index (Phi) is 8.89. The molecule has 0 spiro atoms. The summed E-state index contributed by atoms with van der Waals surface area (Å²) in [5.41, 5.74) is 0.753. The smallest absolute Gasteiger partial charge is 0.424 e. The molecule has 0 aliphatic carbocycles. The minimum atomic E-state index is -5.30. The Bertz CT molecular complexity index is 1610. The third kappa shape index (κ3) is 7.01. The summed E-state index contributed by atoms with van der Waals surface area (Å²) >= 11 is 5.88. The highest BCUT2D eigenvalue weighted by molar-refractivity contribution is 6.31. The predicted octanol–water partition coefficient (Wildman–Crippen LogP) is 4.02. The lowest BCUT2D eigenvalue weighted by atomic mass is 9.89. The highest BCUT2D eigenvalue weighted by Gasteiger charge is 2.56. The van der Waals surface area contributed by atoms with Gasteiger partial charge >= 0.3 is 6.18 Å². The Balaban J connectivity index is 1.65. The summed E-state index contributed by atoms with van der Waals surface area (Å²) in [7, 11) is 1.31. The van der Waals surface area contributed by atoms with Crippen LogP contribution < -0.4 is 20.5 Å². The topological polar surface area (TPSA) is 161 Å². The maximum absolute atomic E-state index is 14.5. The Hall–Kier alpha value is -4.34. The summed E-state index contributed by atoms with van der Waals surface area (Å²) in [5.74, 6) is -1.14. The van der Waals surface area contributed by atoms with Crippen LogP contribution >= 0.6 is 11.6 Å². The summed E-state index contributed by atoms with van der Waals surface area (Å²) < 4.78 is 68.0. The molecule has 4 aromatic rings. The molecule has 228 valence electrons. The van der Waals surface area contributed by atoms with Gasteiger partial charge < -0.3 is 25.6 Å². The molecule has 0 bridgehead atoms. The second kappa shape index (κ2) is 12.1. The van der Waals surface area contributed by atoms with Crippen LogP contribution in [-0.2, 0) is 17.7 Å². The van der Waals surface area contributed by atoms with Gasteiger partial charge in [0.15, 0.2) is 18.1 Å². The number of hydrogen-bond donors (Lipinski definition) is 4. The molecule has 0 fully saturated rings. The van der Waals surface area contributed by atoms with Gasteiger partial charge in [0.2, 0.25) is 11.4 Å². The number of carbonyl (C=O) groups is 1. The van der Waals surface area contributed by atoms with E-state index in [0.29, 0.717) is 0 Å². The number of hydrogen-bond acceptors (Lipinski definition) is 9. The average Bonchev–Trinajstić information content (AvgIpc) is 3.48. The SMILES string of the molecule is COc1cc(C(=O)NCC(O)(c2cc(C(C)(C)N)cc(-c3ccc(F)c(Cl)c3)n2)C(F)(F)F)ccc1OCc1nn[nH]n1. The minimum Gasteiger partial charge on any atom is -0.493 e. The van der Waals surface area contributed by atoms with E-state index in [4.69, 9.17) is 26.8 Å². The van der Waals surface area contributed by atoms with Gasteiger partial charge in [-0.1, -0.05) is 16.8 Å². The van der Waals surface area contributed by atoms with Crippen molar-refractivity contribution in [2.45, 2.75) is 37.8 Å². The van der Waals surface area contributed by atoms with E-state index in [-0.39, 0.29) is 51.3 Å². The van der Waals surface area contributed by atoms with Crippen molar-refractivity contribution < 1.29 is 36.9 Å². The van der Waals surface area contributed by atoms with Crippen LogP contribution in [0.15, 0.2) is 48.5 Å². The van der Waals surface area contributed by atoms with Crippen LogP contribution in [-0.4, -0.2) is 56.5 Å². The van der Waals surface area contributed by atoms with Gasteiger partial charge in [-0.05, 0) is 67.9 Å². The molecule has 0 saturated carbocycles. The molecule has 2 heterocycles. The first-order chi connectivity index (χ1) is 20.1. The lowest BCUT2D eigenvalue weighted by Gasteiger charge is -2.32. The van der Waals surface area contributed by atoms with Crippen molar-refractivity contribution in [2.75, 3.05) is 13.7 Å². The van der Waals surface area contributed by atoms with Gasteiger partial charge in [-0.15, -0.1) is 10.2 Å². The number of aromatic amines is 1. The number of aliphatic hydroxyl groups is 1. The van der Waals surface area contributed by atoms with Crippen LogP contribution in [0.1, 0.15) is 41.3 Å². The van der Waals surface area contributed by atoms with Crippen molar-refractivity contribution in [3.05, 3.63) is 82.0 Å². The molecule has 43 heavy (non-hydrogen) atoms. The van der Waals surface area contributed by atoms with Crippen LogP contribution in [0, 0.1) is 5.82 Å². The fourth-order valence-corrected chi connectivity index (χ4v) is 4.06. The van der Waals surface area contributed by atoms with Gasteiger partial charge in [0.25, 0.3) is 5.91 Å². The normalized spacial score (nSPS) is 13.3. The van der Waals surface area contributed by atoms with Gasteiger partial charge in [-0.3, -0.25) is 4.79 Å². The van der Waals surface area contributed by atoms with Crippen molar-refractivity contribution in [1.29, 1.82) is 0 Å². The second-order valence-electron chi connectivity index (χ2n) is 10.00. The molecular weight excluding hydrogens is 598 g/mol. The van der Waals surface area contributed by atoms with Gasteiger partial charge in [0.05, 0.1) is 30.1 Å². The van der Waals surface area contributed by atoms with E-state index in [1.165, 1.54) is 43.5 Å². The van der Waals surface area contributed by atoms with Crippen LogP contribution in [0.4, 0.5) is 17.6 Å². The number of tetrazole rings is 1. The van der Waals surface area contributed by atoms with Crippen molar-refractivity contribution in [2.24, 2.45) is 5.73 Å². The van der Waals surface area contributed by atoms with Crippen LogP contribution in [0.25, 0.3) is 11.3 Å². The maximum Gasteiger partial charge on any atom is 0.424 e. The summed E-state index contributed by atoms with van der Waals surface area (Å²) in [6.07, 6.45) is -5.30. The Labute approximate surface area is 247 Å². The number of benzene rings is 2. The molecule has 4 rings (SSSR count). The number of methoxy groups -OCH3 is 1. The number of nitrogens with zero attached hydrogens (tertiary/aromatic N) is 4. The van der Waals surface area contributed by atoms with Crippen molar-refractivity contribution in [1.82, 2.24) is 30.9 Å². The van der Waals surface area contributed by atoms with Gasteiger partial charge in [-0.2, -0.15) is 18.4 Å². The molecule has 2 aromatic heterocycles. The first-order valence-corrected chi connectivity index (χ1v) is 12.9. The Morgan fingerprint density at radius 3 is 2.47 bits per heavy atom. The van der Waals surface area contributed by atoms with E-state index < -0.39 is 41.3 Å². The van der Waals surface area contributed by atoms with E-state index in [2.05, 4.69) is 30.9 Å². The van der Waals surface area contributed by atoms with E-state index in [0.717, 1.165) is 12.1 Å². The fraction of sp³-hybridized carbons (Fsp3) is 0.296. The number of aromatic nitrogens is 5. The molecule has 1 atom stereocenters. The molecular formula is C27H26ClF4N7O4. The number of amides is 1. The number of pyridine rings is 1. The number of carbonyl (C=O) groups excluding carboxylic acids is 1. The first-order valence-electron chi connectivity index (χ1n) is 12.5. The zero-order chi connectivity index (χ0) is 31.6. The quantitative estimate of drug-likeness (QED) is 0.191. The third-order valence-electron chi connectivity index (χ3n) is 6.35. The van der Waals surface area contributed by atoms with Crippen LogP contribution in [0.3, 0.4) is 0 Å². The maximum atomic E-state index is 14.5. The first kappa shape index (κ1) is 31.6. The van der Waals surface area contributed by atoms with Gasteiger partial charge in [0.1, 0.15) is 5.82 Å². The molecule has 11 nitrogen and oxygen atoms in total. The monoisotopic (exact) mass is 623 g/mol. The molecule has 0 aliphatic heterocycles. The summed E-state index contributed by atoms with van der Waals surface area (Å²) in [6.45, 7) is 1.71. The second-order valence-corrected chi connectivity index (χ2v) is 10.4. The van der Waals surface area contributed by atoms with Crippen LogP contribution in [0.2, 0.25) is 5.02 Å². The molecule has 0 saturated heterocycles. The number of nitrogens with two attached hydrogens (primary N) is 1. The largest absolute Gasteiger partial charge is 0.493 e. The molecule has 2 aromatic carbocycles.